The van der Waals surface area contributed by atoms with E-state index >= 15 is 0 Å². The Bertz CT molecular complexity index is 730. The van der Waals surface area contributed by atoms with E-state index in [-0.39, 0.29) is 22.4 Å². The predicted octanol–water partition coefficient (Wildman–Crippen LogP) is 3.33. The van der Waals surface area contributed by atoms with E-state index in [2.05, 4.69) is 17.6 Å². The molecule has 3 rings (SSSR count). The van der Waals surface area contributed by atoms with Crippen LogP contribution in [0.2, 0.25) is 0 Å². The maximum absolute atomic E-state index is 6.13. The number of hydrogen-bond donors (Lipinski definition) is 1. The number of rotatable bonds is 4. The third-order valence-electron chi connectivity index (χ3n) is 6.41. The summed E-state index contributed by atoms with van der Waals surface area (Å²) in [6.45, 7) is 16.3. The third kappa shape index (κ3) is 3.94. The zero-order chi connectivity index (χ0) is 21.0. The average Bonchev–Trinajstić information content (AvgIpc) is 2.92. The van der Waals surface area contributed by atoms with Gasteiger partial charge in [-0.25, -0.2) is 0 Å². The van der Waals surface area contributed by atoms with Crippen LogP contribution in [0.5, 0.6) is 0 Å². The lowest BCUT2D eigenvalue weighted by molar-refractivity contribution is 0.00578. The summed E-state index contributed by atoms with van der Waals surface area (Å²) in [5, 5.41) is 0. The van der Waals surface area contributed by atoms with Crippen molar-refractivity contribution in [1.82, 2.24) is 4.98 Å². The van der Waals surface area contributed by atoms with E-state index in [1.54, 1.807) is 6.20 Å². The van der Waals surface area contributed by atoms with Crippen molar-refractivity contribution in [3.05, 3.63) is 29.5 Å². The van der Waals surface area contributed by atoms with E-state index in [0.717, 1.165) is 16.6 Å². The fraction of sp³-hybridized carbons (Fsp3) is 0.650. The molecular weight excluding hydrogens is 372 g/mol. The molecule has 2 aliphatic heterocycles. The van der Waals surface area contributed by atoms with Gasteiger partial charge in [0.25, 0.3) is 0 Å². The monoisotopic (exact) mass is 403 g/mol. The van der Waals surface area contributed by atoms with Gasteiger partial charge in [0, 0.05) is 17.4 Å². The molecule has 2 fully saturated rings. The van der Waals surface area contributed by atoms with Crippen molar-refractivity contribution in [1.29, 1.82) is 0 Å². The smallest absolute Gasteiger partial charge is 0.400 e. The van der Waals surface area contributed by atoms with Crippen molar-refractivity contribution in [3.63, 3.8) is 0 Å². The lowest BCUT2D eigenvalue weighted by Gasteiger charge is -2.32. The van der Waals surface area contributed by atoms with Gasteiger partial charge >= 0.3 is 14.2 Å². The van der Waals surface area contributed by atoms with E-state index in [1.807, 2.05) is 73.6 Å². The van der Waals surface area contributed by atoms with Crippen molar-refractivity contribution < 1.29 is 18.6 Å². The largest absolute Gasteiger partial charge is 0.496 e. The molecule has 0 N–H and O–H groups in total. The first-order chi connectivity index (χ1) is 12.8. The molecule has 0 radical (unpaired) electrons. The van der Waals surface area contributed by atoms with Crippen LogP contribution in [0.25, 0.3) is 6.08 Å². The van der Waals surface area contributed by atoms with Gasteiger partial charge in [-0.1, -0.05) is 6.07 Å². The topological polar surface area (TPSA) is 49.8 Å². The second kappa shape index (κ2) is 7.17. The van der Waals surface area contributed by atoms with Crippen LogP contribution in [0.3, 0.4) is 0 Å². The normalized spacial score (nSPS) is 25.4. The zero-order valence-electron chi connectivity index (χ0n) is 18.2. The highest BCUT2D eigenvalue weighted by Gasteiger charge is 2.53. The van der Waals surface area contributed by atoms with E-state index in [4.69, 9.17) is 18.6 Å². The molecule has 0 aromatic carbocycles. The molecule has 2 aliphatic rings. The molecule has 0 unspecified atom stereocenters. The maximum atomic E-state index is 6.13. The van der Waals surface area contributed by atoms with E-state index < -0.39 is 14.2 Å². The summed E-state index contributed by atoms with van der Waals surface area (Å²) in [6, 6.07) is 3.94. The van der Waals surface area contributed by atoms with Crippen LogP contribution in [0, 0.1) is 0 Å². The molecule has 152 valence electrons. The molecule has 28 heavy (non-hydrogen) atoms. The molecule has 0 spiro atoms. The molecule has 5 nitrogen and oxygen atoms in total. The number of thiol groups is 1. The highest BCUT2D eigenvalue weighted by Crippen LogP contribution is 2.39. The molecule has 0 bridgehead atoms. The van der Waals surface area contributed by atoms with Gasteiger partial charge in [-0.3, -0.25) is 4.98 Å². The lowest BCUT2D eigenvalue weighted by Crippen LogP contribution is -2.41. The first-order valence-corrected chi connectivity index (χ1v) is 10.4. The summed E-state index contributed by atoms with van der Waals surface area (Å²) >= 11 is 4.47. The molecule has 2 saturated heterocycles. The summed E-state index contributed by atoms with van der Waals surface area (Å²) in [6.07, 6.45) is 3.78. The number of aromatic nitrogens is 1. The van der Waals surface area contributed by atoms with Crippen LogP contribution in [-0.4, -0.2) is 47.4 Å². The van der Waals surface area contributed by atoms with Crippen LogP contribution in [0.1, 0.15) is 61.1 Å². The molecule has 0 atom stereocenters. The minimum atomic E-state index is -0.424. The fourth-order valence-electron chi connectivity index (χ4n) is 2.99. The molecule has 0 amide bonds. The SMILES string of the molecule is CC1(C)OB(C(=Cc2ccc(B3OC(C)(C)C(C)(C)O3)cn2)CS)OC1(C)C. The van der Waals surface area contributed by atoms with Gasteiger partial charge in [-0.15, -0.1) is 0 Å². The second-order valence-electron chi connectivity index (χ2n) is 9.57. The first kappa shape index (κ1) is 21.9. The van der Waals surface area contributed by atoms with E-state index in [9.17, 15) is 0 Å². The van der Waals surface area contributed by atoms with Crippen LogP contribution < -0.4 is 5.46 Å². The quantitative estimate of drug-likeness (QED) is 0.618. The van der Waals surface area contributed by atoms with Gasteiger partial charge < -0.3 is 18.6 Å². The molecular formula is C20H31B2NO4S. The summed E-state index contributed by atoms with van der Waals surface area (Å²) < 4.78 is 24.4. The van der Waals surface area contributed by atoms with Gasteiger partial charge in [0.15, 0.2) is 0 Å². The predicted molar refractivity (Wildman–Crippen MR) is 118 cm³/mol. The van der Waals surface area contributed by atoms with Crippen LogP contribution >= 0.6 is 12.6 Å². The minimum absolute atomic E-state index is 0.369. The Morgan fingerprint density at radius 3 is 1.82 bits per heavy atom. The molecule has 0 aliphatic carbocycles. The van der Waals surface area contributed by atoms with Crippen molar-refractivity contribution in [2.24, 2.45) is 0 Å². The highest BCUT2D eigenvalue weighted by atomic mass is 32.1. The first-order valence-electron chi connectivity index (χ1n) is 9.76. The molecule has 3 heterocycles. The second-order valence-corrected chi connectivity index (χ2v) is 9.89. The van der Waals surface area contributed by atoms with E-state index in [0.29, 0.717) is 5.75 Å². The Balaban J connectivity index is 1.76. The Hall–Kier alpha value is -0.790. The summed E-state index contributed by atoms with van der Waals surface area (Å²) in [4.78, 5) is 4.57. The van der Waals surface area contributed by atoms with Gasteiger partial charge in [0.2, 0.25) is 0 Å². The Labute approximate surface area is 175 Å². The molecule has 8 heteroatoms. The van der Waals surface area contributed by atoms with Crippen LogP contribution in [0.15, 0.2) is 23.8 Å². The summed E-state index contributed by atoms with van der Waals surface area (Å²) in [5.41, 5.74) is 1.16. The minimum Gasteiger partial charge on any atom is -0.400 e. The Kier molecular flexibility index (Phi) is 5.61. The zero-order valence-corrected chi connectivity index (χ0v) is 19.1. The molecule has 0 saturated carbocycles. The Morgan fingerprint density at radius 2 is 1.39 bits per heavy atom. The van der Waals surface area contributed by atoms with E-state index in [1.165, 1.54) is 0 Å². The highest BCUT2D eigenvalue weighted by molar-refractivity contribution is 7.80. The number of nitrogens with zero attached hydrogens (tertiary/aromatic N) is 1. The summed E-state index contributed by atoms with van der Waals surface area (Å²) in [5.74, 6) is 0.525. The van der Waals surface area contributed by atoms with Crippen molar-refractivity contribution >= 4 is 38.4 Å². The standard InChI is InChI=1S/C20H31B2NO4S/c1-17(2)18(3,4)25-21(24-17)14-9-10-16(23-12-14)11-15(13-28)22-26-19(5,6)20(7,8)27-22/h9-12,28H,13H2,1-8H3. The van der Waals surface area contributed by atoms with Crippen molar-refractivity contribution in [3.8, 4) is 0 Å². The molecule has 1 aromatic rings. The summed E-state index contributed by atoms with van der Waals surface area (Å²) in [7, 11) is -0.838. The van der Waals surface area contributed by atoms with Gasteiger partial charge in [-0.2, -0.15) is 12.6 Å². The maximum Gasteiger partial charge on any atom is 0.496 e. The van der Waals surface area contributed by atoms with Gasteiger partial charge in [0.1, 0.15) is 0 Å². The van der Waals surface area contributed by atoms with Gasteiger partial charge in [0.05, 0.1) is 28.1 Å². The van der Waals surface area contributed by atoms with Crippen molar-refractivity contribution in [2.75, 3.05) is 5.75 Å². The van der Waals surface area contributed by atoms with Crippen molar-refractivity contribution in [2.45, 2.75) is 77.8 Å². The number of pyridine rings is 1. The number of hydrogen-bond acceptors (Lipinski definition) is 6. The lowest BCUT2D eigenvalue weighted by atomic mass is 9.78. The molecule has 1 aromatic heterocycles. The third-order valence-corrected chi connectivity index (χ3v) is 6.77. The average molecular weight is 403 g/mol. The van der Waals surface area contributed by atoms with Crippen LogP contribution in [-0.2, 0) is 18.6 Å². The van der Waals surface area contributed by atoms with Gasteiger partial charge in [-0.05, 0) is 73.0 Å². The Morgan fingerprint density at radius 1 is 0.893 bits per heavy atom. The fourth-order valence-corrected chi connectivity index (χ4v) is 3.23. The van der Waals surface area contributed by atoms with Crippen LogP contribution in [0.4, 0.5) is 0 Å².